The number of carbonyl (C=O) groups excluding carboxylic acids is 3. The second-order valence-corrected chi connectivity index (χ2v) is 5.83. The molecule has 134 valence electrons. The molecule has 7 heteroatoms. The third-order valence-electron chi connectivity index (χ3n) is 4.17. The van der Waals surface area contributed by atoms with Gasteiger partial charge in [-0.2, -0.15) is 0 Å². The molecule has 0 unspecified atom stereocenters. The predicted octanol–water partition coefficient (Wildman–Crippen LogP) is 0.391. The van der Waals surface area contributed by atoms with Gasteiger partial charge >= 0.3 is 6.09 Å². The molecule has 2 amide bonds. The smallest absolute Gasteiger partial charge is 0.407 e. The molecule has 2 aromatic rings. The van der Waals surface area contributed by atoms with E-state index in [-0.39, 0.29) is 19.1 Å². The van der Waals surface area contributed by atoms with Gasteiger partial charge in [0.2, 0.25) is 5.91 Å². The Bertz CT molecular complexity index is 804. The number of amides is 2. The molecule has 0 radical (unpaired) electrons. The van der Waals surface area contributed by atoms with Gasteiger partial charge in [-0.25, -0.2) is 4.79 Å². The van der Waals surface area contributed by atoms with Gasteiger partial charge < -0.3 is 25.3 Å². The van der Waals surface area contributed by atoms with Crippen LogP contribution in [0.1, 0.15) is 17.0 Å². The van der Waals surface area contributed by atoms with Crippen molar-refractivity contribution in [1.82, 2.24) is 10.6 Å². The van der Waals surface area contributed by atoms with E-state index in [9.17, 15) is 19.5 Å². The van der Waals surface area contributed by atoms with Crippen LogP contribution in [0.4, 0.5) is 4.79 Å². The highest BCUT2D eigenvalue weighted by Gasteiger charge is 2.28. The maximum absolute atomic E-state index is 11.8. The number of carboxylic acids is 1. The number of carbonyl (C=O) groups is 3. The molecule has 0 bridgehead atoms. The Labute approximate surface area is 150 Å². The summed E-state index contributed by atoms with van der Waals surface area (Å²) in [5, 5.41) is 14.6. The normalized spacial score (nSPS) is 12.0. The largest absolute Gasteiger partial charge is 0.548 e. The van der Waals surface area contributed by atoms with Crippen molar-refractivity contribution < 1.29 is 24.2 Å². The van der Waals surface area contributed by atoms with Gasteiger partial charge in [0, 0.05) is 5.92 Å². The number of benzene rings is 2. The molecule has 3 rings (SSSR count). The summed E-state index contributed by atoms with van der Waals surface area (Å²) in [5.41, 5.74) is 4.43. The standard InChI is InChI=1S/C19H18N2O5/c22-17(20-10-18(23)24)9-21-19(25)26-11-16-14-7-3-1-5-12(14)13-6-2-4-8-15(13)16/h1-8,16H,9-11H2,(H,20,22)(H,21,25)(H,23,24)/p-1. The molecule has 0 saturated carbocycles. The third-order valence-corrected chi connectivity index (χ3v) is 4.17. The lowest BCUT2D eigenvalue weighted by Crippen LogP contribution is -2.42. The van der Waals surface area contributed by atoms with Crippen LogP contribution in [0.15, 0.2) is 48.5 Å². The van der Waals surface area contributed by atoms with Gasteiger partial charge in [0.1, 0.15) is 13.2 Å². The molecule has 0 atom stereocenters. The number of nitrogens with one attached hydrogen (secondary N) is 2. The molecule has 2 aromatic carbocycles. The fourth-order valence-electron chi connectivity index (χ4n) is 3.04. The maximum atomic E-state index is 11.8. The van der Waals surface area contributed by atoms with Crippen molar-refractivity contribution in [3.8, 4) is 11.1 Å². The van der Waals surface area contributed by atoms with Gasteiger partial charge in [0.15, 0.2) is 0 Å². The van der Waals surface area contributed by atoms with E-state index in [1.807, 2.05) is 48.5 Å². The molecule has 0 saturated heterocycles. The summed E-state index contributed by atoms with van der Waals surface area (Å²) in [7, 11) is 0. The molecule has 7 nitrogen and oxygen atoms in total. The second kappa shape index (κ2) is 7.69. The SMILES string of the molecule is O=C([O-])CNC(=O)CNC(=O)OCC1c2ccccc2-c2ccccc21. The number of ether oxygens (including phenoxy) is 1. The van der Waals surface area contributed by atoms with E-state index in [1.54, 1.807) is 0 Å². The molecule has 2 N–H and O–H groups in total. The monoisotopic (exact) mass is 353 g/mol. The Morgan fingerprint density at radius 2 is 1.46 bits per heavy atom. The molecule has 0 fully saturated rings. The van der Waals surface area contributed by atoms with Gasteiger partial charge in [-0.15, -0.1) is 0 Å². The van der Waals surface area contributed by atoms with Crippen LogP contribution < -0.4 is 15.7 Å². The predicted molar refractivity (Wildman–Crippen MR) is 91.1 cm³/mol. The molecule has 26 heavy (non-hydrogen) atoms. The highest BCUT2D eigenvalue weighted by molar-refractivity contribution is 5.84. The summed E-state index contributed by atoms with van der Waals surface area (Å²) < 4.78 is 5.26. The quantitative estimate of drug-likeness (QED) is 0.781. The maximum Gasteiger partial charge on any atom is 0.407 e. The van der Waals surface area contributed by atoms with Gasteiger partial charge in [0.05, 0.1) is 12.5 Å². The Morgan fingerprint density at radius 3 is 2.04 bits per heavy atom. The van der Waals surface area contributed by atoms with Crippen LogP contribution in [-0.2, 0) is 14.3 Å². The lowest BCUT2D eigenvalue weighted by molar-refractivity contribution is -0.304. The first-order valence-corrected chi connectivity index (χ1v) is 8.11. The van der Waals surface area contributed by atoms with Gasteiger partial charge in [0.25, 0.3) is 0 Å². The highest BCUT2D eigenvalue weighted by Crippen LogP contribution is 2.44. The first kappa shape index (κ1) is 17.5. The summed E-state index contributed by atoms with van der Waals surface area (Å²) in [5.74, 6) is -2.11. The topological polar surface area (TPSA) is 108 Å². The Balaban J connectivity index is 1.57. The zero-order chi connectivity index (χ0) is 18.5. The molecular weight excluding hydrogens is 336 g/mol. The lowest BCUT2D eigenvalue weighted by atomic mass is 9.98. The number of carboxylic acid groups (broad SMARTS) is 1. The molecule has 0 aliphatic heterocycles. The zero-order valence-corrected chi connectivity index (χ0v) is 13.9. The summed E-state index contributed by atoms with van der Waals surface area (Å²) in [4.78, 5) is 33.4. The molecule has 1 aliphatic carbocycles. The van der Waals surface area contributed by atoms with E-state index < -0.39 is 24.5 Å². The Morgan fingerprint density at radius 1 is 0.885 bits per heavy atom. The summed E-state index contributed by atoms with van der Waals surface area (Å²) in [6.45, 7) is -0.838. The van der Waals surface area contributed by atoms with Crippen molar-refractivity contribution in [2.45, 2.75) is 5.92 Å². The number of rotatable bonds is 6. The van der Waals surface area contributed by atoms with Crippen LogP contribution in [0, 0.1) is 0 Å². The van der Waals surface area contributed by atoms with Gasteiger partial charge in [-0.1, -0.05) is 48.5 Å². The van der Waals surface area contributed by atoms with E-state index >= 15 is 0 Å². The average molecular weight is 353 g/mol. The van der Waals surface area contributed by atoms with E-state index in [4.69, 9.17) is 4.74 Å². The lowest BCUT2D eigenvalue weighted by Gasteiger charge is -2.14. The minimum Gasteiger partial charge on any atom is -0.548 e. The van der Waals surface area contributed by atoms with E-state index in [0.29, 0.717) is 0 Å². The van der Waals surface area contributed by atoms with E-state index in [1.165, 1.54) is 0 Å². The fraction of sp³-hybridized carbons (Fsp3) is 0.211. The van der Waals surface area contributed by atoms with Crippen molar-refractivity contribution in [2.24, 2.45) is 0 Å². The first-order chi connectivity index (χ1) is 12.6. The molecule has 0 aromatic heterocycles. The highest BCUT2D eigenvalue weighted by atomic mass is 16.5. The molecule has 0 spiro atoms. The number of alkyl carbamates (subject to hydrolysis) is 1. The van der Waals surface area contributed by atoms with Crippen molar-refractivity contribution in [1.29, 1.82) is 0 Å². The Hall–Kier alpha value is -3.35. The van der Waals surface area contributed by atoms with Gasteiger partial charge in [-0.05, 0) is 22.3 Å². The molecule has 0 heterocycles. The summed E-state index contributed by atoms with van der Waals surface area (Å²) >= 11 is 0. The number of aliphatic carboxylic acids is 1. The van der Waals surface area contributed by atoms with E-state index in [2.05, 4.69) is 10.6 Å². The average Bonchev–Trinajstić information content (AvgIpc) is 2.97. The number of fused-ring (bicyclic) bond motifs is 3. The van der Waals surface area contributed by atoms with Crippen LogP contribution in [0.5, 0.6) is 0 Å². The Kier molecular flexibility index (Phi) is 5.17. The minimum atomic E-state index is -1.40. The van der Waals surface area contributed by atoms with Crippen molar-refractivity contribution in [2.75, 3.05) is 19.7 Å². The van der Waals surface area contributed by atoms with Crippen LogP contribution in [0.25, 0.3) is 11.1 Å². The van der Waals surface area contributed by atoms with Crippen molar-refractivity contribution in [3.05, 3.63) is 59.7 Å². The van der Waals surface area contributed by atoms with Crippen LogP contribution in [0.2, 0.25) is 0 Å². The van der Waals surface area contributed by atoms with Crippen molar-refractivity contribution >= 4 is 18.0 Å². The molecule has 1 aliphatic rings. The van der Waals surface area contributed by atoms with E-state index in [0.717, 1.165) is 22.3 Å². The van der Waals surface area contributed by atoms with Crippen LogP contribution >= 0.6 is 0 Å². The fourth-order valence-corrected chi connectivity index (χ4v) is 3.04. The van der Waals surface area contributed by atoms with Crippen LogP contribution in [0.3, 0.4) is 0 Å². The molecular formula is C19H17N2O5-. The first-order valence-electron chi connectivity index (χ1n) is 8.11. The summed E-state index contributed by atoms with van der Waals surface area (Å²) in [6.07, 6.45) is -0.740. The minimum absolute atomic E-state index is 0.0694. The zero-order valence-electron chi connectivity index (χ0n) is 13.9. The number of hydrogen-bond acceptors (Lipinski definition) is 5. The third kappa shape index (κ3) is 3.83. The van der Waals surface area contributed by atoms with Gasteiger partial charge in [-0.3, -0.25) is 4.79 Å². The number of hydrogen-bond donors (Lipinski definition) is 2. The second-order valence-electron chi connectivity index (χ2n) is 5.83. The van der Waals surface area contributed by atoms with Crippen molar-refractivity contribution in [3.63, 3.8) is 0 Å². The van der Waals surface area contributed by atoms with Crippen LogP contribution in [-0.4, -0.2) is 37.7 Å². The summed E-state index contributed by atoms with van der Waals surface area (Å²) in [6, 6.07) is 15.9.